The summed E-state index contributed by atoms with van der Waals surface area (Å²) >= 11 is 0. The van der Waals surface area contributed by atoms with E-state index in [4.69, 9.17) is 5.11 Å². The molecule has 6 nitrogen and oxygen atoms in total. The number of aliphatic carboxylic acids is 1. The molecule has 0 saturated heterocycles. The molecule has 1 N–H and O–H groups in total. The maximum absolute atomic E-state index is 11.0. The lowest BCUT2D eigenvalue weighted by Crippen LogP contribution is -1.96. The van der Waals surface area contributed by atoms with Crippen LogP contribution in [0.5, 0.6) is 0 Å². The molecule has 0 aliphatic heterocycles. The van der Waals surface area contributed by atoms with Gasteiger partial charge in [0.25, 0.3) is 5.69 Å². The van der Waals surface area contributed by atoms with Crippen LogP contribution < -0.4 is 0 Å². The molecule has 0 heterocycles. The van der Waals surface area contributed by atoms with Crippen LogP contribution in [0.15, 0.2) is 54.6 Å². The Hall–Kier alpha value is -3.02. The highest BCUT2D eigenvalue weighted by Gasteiger charge is 2.08. The van der Waals surface area contributed by atoms with E-state index in [2.05, 4.69) is 6.58 Å². The molecule has 114 valence electrons. The maximum atomic E-state index is 11.0. The number of hydrogen-bond acceptors (Lipinski definition) is 4. The first kappa shape index (κ1) is 17.0. The van der Waals surface area contributed by atoms with Gasteiger partial charge in [-0.05, 0) is 36.3 Å². The first-order valence-electron chi connectivity index (χ1n) is 6.36. The third kappa shape index (κ3) is 5.16. The molecule has 1 aromatic carbocycles. The molecule has 0 fully saturated rings. The molecule has 1 aliphatic carbocycles. The Kier molecular flexibility index (Phi) is 5.95. The summed E-state index contributed by atoms with van der Waals surface area (Å²) in [6.45, 7) is 4.60. The van der Waals surface area contributed by atoms with Crippen molar-refractivity contribution < 1.29 is 19.6 Å². The lowest BCUT2D eigenvalue weighted by Gasteiger charge is -2.05. The van der Waals surface area contributed by atoms with Crippen molar-refractivity contribution in [1.29, 1.82) is 0 Å². The quantitative estimate of drug-likeness (QED) is 0.525. The van der Waals surface area contributed by atoms with Gasteiger partial charge in [-0.25, -0.2) is 4.79 Å². The third-order valence-electron chi connectivity index (χ3n) is 2.75. The van der Waals surface area contributed by atoms with Gasteiger partial charge in [0, 0.05) is 24.1 Å². The Bertz CT molecular complexity index is 656. The highest BCUT2D eigenvalue weighted by atomic mass is 16.6. The fourth-order valence-electron chi connectivity index (χ4n) is 1.52. The molecule has 0 aromatic heterocycles. The second-order valence-corrected chi connectivity index (χ2v) is 4.55. The Morgan fingerprint density at radius 2 is 1.82 bits per heavy atom. The van der Waals surface area contributed by atoms with Crippen LogP contribution in [0.25, 0.3) is 5.57 Å². The largest absolute Gasteiger partial charge is 0.478 e. The molecule has 22 heavy (non-hydrogen) atoms. The van der Waals surface area contributed by atoms with Crippen molar-refractivity contribution in [3.8, 4) is 0 Å². The maximum Gasteiger partial charge on any atom is 0.330 e. The summed E-state index contributed by atoms with van der Waals surface area (Å²) in [6.07, 6.45) is 5.47. The smallest absolute Gasteiger partial charge is 0.330 e. The molecule has 0 atom stereocenters. The van der Waals surface area contributed by atoms with Crippen molar-refractivity contribution in [2.45, 2.75) is 13.3 Å². The number of carbonyl (C=O) groups is 2. The van der Waals surface area contributed by atoms with Crippen LogP contribution in [-0.2, 0) is 9.59 Å². The molecule has 0 amide bonds. The molecule has 1 aliphatic rings. The van der Waals surface area contributed by atoms with Crippen molar-refractivity contribution in [3.63, 3.8) is 0 Å². The van der Waals surface area contributed by atoms with Gasteiger partial charge in [-0.15, -0.1) is 0 Å². The molecule has 0 saturated carbocycles. The standard InChI is InChI=1S/C12H9NO3.C4H6O2/c14-12-7-3-10(4-8-12)9-1-5-11(6-2-9)13(15)16;1-3(2)4(5)6/h1-7H,8H2;1H2,2H3,(H,5,6). The molecule has 2 rings (SSSR count). The molecule has 1 aromatic rings. The first-order chi connectivity index (χ1) is 10.3. The topological polar surface area (TPSA) is 97.5 Å². The van der Waals surface area contributed by atoms with Gasteiger partial charge in [0.1, 0.15) is 0 Å². The number of non-ortho nitro benzene ring substituents is 1. The summed E-state index contributed by atoms with van der Waals surface area (Å²) < 4.78 is 0. The third-order valence-corrected chi connectivity index (χ3v) is 2.75. The van der Waals surface area contributed by atoms with Gasteiger partial charge in [-0.2, -0.15) is 0 Å². The van der Waals surface area contributed by atoms with Crippen LogP contribution in [0.4, 0.5) is 5.69 Å². The van der Waals surface area contributed by atoms with Gasteiger partial charge in [-0.1, -0.05) is 18.7 Å². The van der Waals surface area contributed by atoms with Crippen LogP contribution in [0.3, 0.4) is 0 Å². The number of carboxylic acids is 1. The second-order valence-electron chi connectivity index (χ2n) is 4.55. The zero-order valence-corrected chi connectivity index (χ0v) is 12.0. The van der Waals surface area contributed by atoms with Crippen molar-refractivity contribution in [2.24, 2.45) is 0 Å². The van der Waals surface area contributed by atoms with Gasteiger partial charge in [-0.3, -0.25) is 14.9 Å². The normalized spacial score (nSPS) is 12.8. The number of carboxylic acid groups (broad SMARTS) is 1. The Balaban J connectivity index is 0.000000346. The van der Waals surface area contributed by atoms with Gasteiger partial charge < -0.3 is 5.11 Å². The molecule has 0 radical (unpaired) electrons. The average molecular weight is 301 g/mol. The predicted octanol–water partition coefficient (Wildman–Crippen LogP) is 3.15. The summed E-state index contributed by atoms with van der Waals surface area (Å²) in [5.74, 6) is -0.860. The lowest BCUT2D eigenvalue weighted by atomic mass is 9.99. The van der Waals surface area contributed by atoms with Gasteiger partial charge in [0.05, 0.1) is 4.92 Å². The zero-order valence-electron chi connectivity index (χ0n) is 12.0. The number of carbonyl (C=O) groups excluding carboxylic acids is 1. The molecule has 6 heteroatoms. The van der Waals surface area contributed by atoms with E-state index in [0.717, 1.165) is 11.1 Å². The number of nitrogens with zero attached hydrogens (tertiary/aromatic N) is 1. The number of hydrogen-bond donors (Lipinski definition) is 1. The van der Waals surface area contributed by atoms with Gasteiger partial charge >= 0.3 is 5.97 Å². The van der Waals surface area contributed by atoms with Crippen molar-refractivity contribution >= 4 is 23.0 Å². The molecular weight excluding hydrogens is 286 g/mol. The summed E-state index contributed by atoms with van der Waals surface area (Å²) in [5, 5.41) is 18.4. The molecule has 0 bridgehead atoms. The summed E-state index contributed by atoms with van der Waals surface area (Å²) in [5.41, 5.74) is 2.05. The summed E-state index contributed by atoms with van der Waals surface area (Å²) in [7, 11) is 0. The van der Waals surface area contributed by atoms with E-state index in [1.165, 1.54) is 25.1 Å². The predicted molar refractivity (Wildman–Crippen MR) is 82.3 cm³/mol. The van der Waals surface area contributed by atoms with E-state index in [9.17, 15) is 19.7 Å². The number of rotatable bonds is 3. The fraction of sp³-hybridized carbons (Fsp3) is 0.125. The van der Waals surface area contributed by atoms with E-state index < -0.39 is 10.9 Å². The van der Waals surface area contributed by atoms with Crippen LogP contribution in [0.2, 0.25) is 0 Å². The minimum absolute atomic E-state index is 0.0696. The monoisotopic (exact) mass is 301 g/mol. The number of ketones is 1. The van der Waals surface area contributed by atoms with E-state index in [1.54, 1.807) is 18.2 Å². The summed E-state index contributed by atoms with van der Waals surface area (Å²) in [4.78, 5) is 30.6. The number of allylic oxidation sites excluding steroid dienone is 4. The van der Waals surface area contributed by atoms with Crippen molar-refractivity contribution in [3.05, 3.63) is 70.3 Å². The Labute approximate surface area is 127 Å². The molecular formula is C16H15NO5. The Morgan fingerprint density at radius 3 is 2.18 bits per heavy atom. The first-order valence-corrected chi connectivity index (χ1v) is 6.36. The highest BCUT2D eigenvalue weighted by molar-refractivity contribution is 5.97. The lowest BCUT2D eigenvalue weighted by molar-refractivity contribution is -0.384. The van der Waals surface area contributed by atoms with E-state index in [1.807, 2.05) is 6.08 Å². The summed E-state index contributed by atoms with van der Waals surface area (Å²) in [6, 6.07) is 6.29. The van der Waals surface area contributed by atoms with Crippen LogP contribution >= 0.6 is 0 Å². The Morgan fingerprint density at radius 1 is 1.27 bits per heavy atom. The minimum Gasteiger partial charge on any atom is -0.478 e. The molecule has 0 unspecified atom stereocenters. The second kappa shape index (κ2) is 7.68. The van der Waals surface area contributed by atoms with Crippen molar-refractivity contribution in [1.82, 2.24) is 0 Å². The fourth-order valence-corrected chi connectivity index (χ4v) is 1.52. The van der Waals surface area contributed by atoms with E-state index in [-0.39, 0.29) is 17.0 Å². The number of nitro groups is 1. The van der Waals surface area contributed by atoms with Crippen LogP contribution in [0.1, 0.15) is 18.9 Å². The highest BCUT2D eigenvalue weighted by Crippen LogP contribution is 2.22. The van der Waals surface area contributed by atoms with E-state index in [0.29, 0.717) is 6.42 Å². The van der Waals surface area contributed by atoms with Gasteiger partial charge in [0.2, 0.25) is 0 Å². The minimum atomic E-state index is -0.935. The van der Waals surface area contributed by atoms with E-state index >= 15 is 0 Å². The average Bonchev–Trinajstić information content (AvgIpc) is 2.48. The molecule has 0 spiro atoms. The zero-order chi connectivity index (χ0) is 16.7. The van der Waals surface area contributed by atoms with Crippen LogP contribution in [-0.4, -0.2) is 21.8 Å². The number of benzene rings is 1. The number of nitro benzene ring substituents is 1. The van der Waals surface area contributed by atoms with Gasteiger partial charge in [0.15, 0.2) is 5.78 Å². The van der Waals surface area contributed by atoms with Crippen LogP contribution in [0, 0.1) is 10.1 Å². The SMILES string of the molecule is C=C(C)C(=O)O.O=C1C=CC(c2ccc([N+](=O)[O-])cc2)=CC1. The van der Waals surface area contributed by atoms with Crippen molar-refractivity contribution in [2.75, 3.05) is 0 Å².